The third-order valence-electron chi connectivity index (χ3n) is 5.59. The van der Waals surface area contributed by atoms with Crippen LogP contribution in [0.1, 0.15) is 53.4 Å². The minimum Gasteiger partial charge on any atom is -0.481 e. The second-order valence-corrected chi connectivity index (χ2v) is 9.11. The van der Waals surface area contributed by atoms with Crippen LogP contribution in [0.5, 0.6) is 0 Å². The smallest absolute Gasteiger partial charge is 0.326 e. The molecule has 0 aromatic rings. The highest BCUT2D eigenvalue weighted by molar-refractivity contribution is 7.98. The maximum atomic E-state index is 13.0. The van der Waals surface area contributed by atoms with Crippen LogP contribution in [0, 0.1) is 11.8 Å². The first-order valence-electron chi connectivity index (χ1n) is 11.0. The Morgan fingerprint density at radius 1 is 0.848 bits per heavy atom. The average Bonchev–Trinajstić information content (AvgIpc) is 2.76. The van der Waals surface area contributed by atoms with Gasteiger partial charge in [-0.25, -0.2) is 4.79 Å². The topological polar surface area (TPSA) is 188 Å². The number of hydrogen-bond donors (Lipinski definition) is 6. The minimum atomic E-state index is -1.64. The molecule has 0 aliphatic carbocycles. The lowest BCUT2D eigenvalue weighted by molar-refractivity contribution is -0.147. The van der Waals surface area contributed by atoms with E-state index in [2.05, 4.69) is 16.0 Å². The van der Waals surface area contributed by atoms with E-state index in [9.17, 15) is 29.1 Å². The van der Waals surface area contributed by atoms with Crippen molar-refractivity contribution in [3.63, 3.8) is 0 Å². The molecule has 0 aromatic carbocycles. The van der Waals surface area contributed by atoms with E-state index in [0.717, 1.165) is 0 Å². The maximum Gasteiger partial charge on any atom is 0.326 e. The molecule has 6 atom stereocenters. The maximum absolute atomic E-state index is 13.0. The molecule has 0 aromatic heterocycles. The number of rotatable bonds is 16. The zero-order valence-electron chi connectivity index (χ0n) is 19.9. The number of amides is 3. The Labute approximate surface area is 199 Å². The predicted molar refractivity (Wildman–Crippen MR) is 126 cm³/mol. The zero-order chi connectivity index (χ0) is 25.7. The lowest BCUT2D eigenvalue weighted by Gasteiger charge is -2.28. The van der Waals surface area contributed by atoms with Crippen molar-refractivity contribution in [1.82, 2.24) is 16.0 Å². The Kier molecular flexibility index (Phi) is 14.4. The molecule has 7 N–H and O–H groups in total. The molecular formula is C21H38N4O7S. The van der Waals surface area contributed by atoms with Gasteiger partial charge < -0.3 is 31.9 Å². The van der Waals surface area contributed by atoms with Crippen LogP contribution in [0.25, 0.3) is 0 Å². The molecule has 0 fully saturated rings. The van der Waals surface area contributed by atoms with Gasteiger partial charge in [-0.3, -0.25) is 19.2 Å². The van der Waals surface area contributed by atoms with Gasteiger partial charge in [0.15, 0.2) is 0 Å². The van der Waals surface area contributed by atoms with Crippen LogP contribution >= 0.6 is 11.8 Å². The monoisotopic (exact) mass is 490 g/mol. The molecule has 6 unspecified atom stereocenters. The Morgan fingerprint density at radius 2 is 1.39 bits per heavy atom. The van der Waals surface area contributed by atoms with Gasteiger partial charge in [0.25, 0.3) is 0 Å². The predicted octanol–water partition coefficient (Wildman–Crippen LogP) is 0.173. The van der Waals surface area contributed by atoms with E-state index in [1.807, 2.05) is 20.1 Å². The van der Waals surface area contributed by atoms with Gasteiger partial charge in [0.2, 0.25) is 17.7 Å². The van der Waals surface area contributed by atoms with Crippen molar-refractivity contribution in [3.8, 4) is 0 Å². The molecule has 0 heterocycles. The Morgan fingerprint density at radius 3 is 1.85 bits per heavy atom. The van der Waals surface area contributed by atoms with Gasteiger partial charge in [0.05, 0.1) is 12.5 Å². The molecule has 0 aliphatic heterocycles. The average molecular weight is 491 g/mol. The van der Waals surface area contributed by atoms with Crippen LogP contribution in [0.4, 0.5) is 0 Å². The molecular weight excluding hydrogens is 452 g/mol. The molecule has 0 saturated heterocycles. The summed E-state index contributed by atoms with van der Waals surface area (Å²) in [5.74, 6) is -4.66. The van der Waals surface area contributed by atoms with E-state index in [4.69, 9.17) is 10.8 Å². The summed E-state index contributed by atoms with van der Waals surface area (Å²) in [5, 5.41) is 25.5. The summed E-state index contributed by atoms with van der Waals surface area (Å²) >= 11 is 1.48. The molecule has 0 aliphatic rings. The second kappa shape index (κ2) is 15.5. The van der Waals surface area contributed by atoms with Crippen LogP contribution in [-0.4, -0.2) is 76.0 Å². The number of nitrogens with one attached hydrogen (secondary N) is 3. The van der Waals surface area contributed by atoms with Gasteiger partial charge in [-0.05, 0) is 30.3 Å². The van der Waals surface area contributed by atoms with Crippen LogP contribution in [0.15, 0.2) is 0 Å². The molecule has 33 heavy (non-hydrogen) atoms. The van der Waals surface area contributed by atoms with E-state index in [1.54, 1.807) is 13.8 Å². The van der Waals surface area contributed by atoms with E-state index < -0.39 is 60.2 Å². The highest BCUT2D eigenvalue weighted by atomic mass is 32.2. The summed E-state index contributed by atoms with van der Waals surface area (Å²) < 4.78 is 0. The van der Waals surface area contributed by atoms with Gasteiger partial charge in [-0.2, -0.15) is 11.8 Å². The first kappa shape index (κ1) is 30.7. The number of hydrogen-bond acceptors (Lipinski definition) is 7. The molecule has 0 saturated carbocycles. The number of carboxylic acid groups (broad SMARTS) is 2. The lowest BCUT2D eigenvalue weighted by atomic mass is 9.96. The number of carbonyl (C=O) groups excluding carboxylic acids is 3. The van der Waals surface area contributed by atoms with E-state index in [-0.39, 0.29) is 11.8 Å². The molecule has 0 rings (SSSR count). The number of carboxylic acids is 2. The Balaban J connectivity index is 5.56. The number of nitrogens with two attached hydrogens (primary N) is 1. The third kappa shape index (κ3) is 10.9. The normalized spacial score (nSPS) is 16.4. The van der Waals surface area contributed by atoms with Gasteiger partial charge >= 0.3 is 11.9 Å². The number of carbonyl (C=O) groups is 5. The van der Waals surface area contributed by atoms with Gasteiger partial charge in [0.1, 0.15) is 18.1 Å². The van der Waals surface area contributed by atoms with Crippen LogP contribution < -0.4 is 21.7 Å². The van der Waals surface area contributed by atoms with Crippen LogP contribution in [0.3, 0.4) is 0 Å². The lowest BCUT2D eigenvalue weighted by Crippen LogP contribution is -2.59. The summed E-state index contributed by atoms with van der Waals surface area (Å²) in [5.41, 5.74) is 5.97. The molecule has 11 nitrogen and oxygen atoms in total. The fourth-order valence-corrected chi connectivity index (χ4v) is 3.35. The minimum absolute atomic E-state index is 0.0879. The molecule has 3 amide bonds. The molecule has 0 radical (unpaired) electrons. The third-order valence-corrected chi connectivity index (χ3v) is 6.23. The highest BCUT2D eigenvalue weighted by Crippen LogP contribution is 2.11. The van der Waals surface area contributed by atoms with Crippen LogP contribution in [-0.2, 0) is 24.0 Å². The van der Waals surface area contributed by atoms with Gasteiger partial charge in [0, 0.05) is 0 Å². The summed E-state index contributed by atoms with van der Waals surface area (Å²) in [6.45, 7) is 7.23. The van der Waals surface area contributed by atoms with Crippen molar-refractivity contribution < 1.29 is 34.2 Å². The van der Waals surface area contributed by atoms with Crippen molar-refractivity contribution in [2.24, 2.45) is 17.6 Å². The van der Waals surface area contributed by atoms with Crippen LogP contribution in [0.2, 0.25) is 0 Å². The van der Waals surface area contributed by atoms with Crippen molar-refractivity contribution >= 4 is 41.4 Å². The summed E-state index contributed by atoms with van der Waals surface area (Å²) in [4.78, 5) is 60.6. The quantitative estimate of drug-likeness (QED) is 0.175. The van der Waals surface area contributed by atoms with Crippen molar-refractivity contribution in [3.05, 3.63) is 0 Å². The number of aliphatic carboxylic acids is 2. The van der Waals surface area contributed by atoms with Crippen molar-refractivity contribution in [2.45, 2.75) is 77.5 Å². The Hall–Kier alpha value is -2.34. The number of thioether (sulfide) groups is 1. The summed E-state index contributed by atoms with van der Waals surface area (Å²) in [6.07, 6.45) is 2.52. The van der Waals surface area contributed by atoms with Crippen molar-refractivity contribution in [1.29, 1.82) is 0 Å². The first-order chi connectivity index (χ1) is 15.4. The van der Waals surface area contributed by atoms with Gasteiger partial charge in [-0.1, -0.05) is 40.5 Å². The highest BCUT2D eigenvalue weighted by Gasteiger charge is 2.33. The molecule has 190 valence electrons. The SMILES string of the molecule is CCC(C)C(N)C(=O)NC(CCSC)C(=O)NC(C(=O)NC(CC(=O)O)C(=O)O)C(C)CC. The molecule has 12 heteroatoms. The van der Waals surface area contributed by atoms with E-state index >= 15 is 0 Å². The second-order valence-electron chi connectivity index (χ2n) is 8.12. The molecule has 0 bridgehead atoms. The molecule has 0 spiro atoms. The summed E-state index contributed by atoms with van der Waals surface area (Å²) in [7, 11) is 0. The van der Waals surface area contributed by atoms with E-state index in [0.29, 0.717) is 25.0 Å². The van der Waals surface area contributed by atoms with Crippen molar-refractivity contribution in [2.75, 3.05) is 12.0 Å². The Bertz CT molecular complexity index is 692. The van der Waals surface area contributed by atoms with E-state index in [1.165, 1.54) is 11.8 Å². The van der Waals surface area contributed by atoms with Gasteiger partial charge in [-0.15, -0.1) is 0 Å². The zero-order valence-corrected chi connectivity index (χ0v) is 20.7. The standard InChI is InChI=1S/C21H38N4O7S/c1-6-11(3)16(22)19(29)23-13(8-9-33-5)18(28)25-17(12(4)7-2)20(30)24-14(21(31)32)10-15(26)27/h11-14,16-17H,6-10,22H2,1-5H3,(H,23,29)(H,24,30)(H,25,28)(H,26,27)(H,31,32). The largest absolute Gasteiger partial charge is 0.481 e. The fraction of sp³-hybridized carbons (Fsp3) is 0.762. The summed E-state index contributed by atoms with van der Waals surface area (Å²) in [6, 6.07) is -4.48. The fourth-order valence-electron chi connectivity index (χ4n) is 2.88. The first-order valence-corrected chi connectivity index (χ1v) is 12.4.